The van der Waals surface area contributed by atoms with Gasteiger partial charge in [-0.3, -0.25) is 15.1 Å². The van der Waals surface area contributed by atoms with Crippen LogP contribution in [0.5, 0.6) is 0 Å². The third-order valence-corrected chi connectivity index (χ3v) is 3.74. The largest absolute Gasteiger partial charge is 0.295 e. The van der Waals surface area contributed by atoms with E-state index < -0.39 is 0 Å². The van der Waals surface area contributed by atoms with Gasteiger partial charge in [-0.25, -0.2) is 4.98 Å². The summed E-state index contributed by atoms with van der Waals surface area (Å²) in [4.78, 5) is 20.1. The lowest BCUT2D eigenvalue weighted by Crippen LogP contribution is -2.13. The summed E-state index contributed by atoms with van der Waals surface area (Å²) >= 11 is 1.35. The van der Waals surface area contributed by atoms with Gasteiger partial charge in [-0.1, -0.05) is 41.7 Å². The second kappa shape index (κ2) is 6.40. The van der Waals surface area contributed by atoms with E-state index in [1.165, 1.54) is 17.5 Å². The number of nitrogens with one attached hydrogen (secondary N) is 1. The summed E-state index contributed by atoms with van der Waals surface area (Å²) in [5, 5.41) is 12.1. The minimum absolute atomic E-state index is 0.255. The highest BCUT2D eigenvalue weighted by Crippen LogP contribution is 2.18. The monoisotopic (exact) mass is 311 g/mol. The van der Waals surface area contributed by atoms with E-state index >= 15 is 0 Å². The minimum Gasteiger partial charge on any atom is -0.295 e. The molecule has 0 bridgehead atoms. The van der Waals surface area contributed by atoms with Gasteiger partial charge in [0.05, 0.1) is 11.9 Å². The molecule has 110 valence electrons. The number of aryl methyl sites for hydroxylation is 1. The van der Waals surface area contributed by atoms with Crippen LogP contribution in [-0.4, -0.2) is 26.1 Å². The molecular weight excluding hydrogens is 298 g/mol. The Hall–Kier alpha value is -2.67. The minimum atomic E-state index is -0.338. The summed E-state index contributed by atoms with van der Waals surface area (Å²) in [6.45, 7) is 1.81. The molecule has 1 aromatic carbocycles. The topological polar surface area (TPSA) is 80.7 Å². The molecule has 0 radical (unpaired) electrons. The Morgan fingerprint density at radius 2 is 1.95 bits per heavy atom. The highest BCUT2D eigenvalue weighted by molar-refractivity contribution is 7.15. The molecule has 0 atom stereocenters. The lowest BCUT2D eigenvalue weighted by atomic mass is 10.2. The number of rotatable bonds is 4. The Labute approximate surface area is 131 Å². The van der Waals surface area contributed by atoms with Crippen molar-refractivity contribution in [3.63, 3.8) is 0 Å². The van der Waals surface area contributed by atoms with Crippen molar-refractivity contribution in [3.8, 4) is 0 Å². The van der Waals surface area contributed by atoms with Crippen molar-refractivity contribution >= 4 is 22.4 Å². The zero-order valence-corrected chi connectivity index (χ0v) is 12.7. The lowest BCUT2D eigenvalue weighted by Gasteiger charge is -1.99. The van der Waals surface area contributed by atoms with Gasteiger partial charge in [0.15, 0.2) is 0 Å². The van der Waals surface area contributed by atoms with E-state index in [1.54, 1.807) is 6.20 Å². The SMILES string of the molecule is Cc1cnc(C(=O)Nc2nnc(Cc3ccccc3)s2)cn1. The van der Waals surface area contributed by atoms with Gasteiger partial charge in [0.25, 0.3) is 5.91 Å². The summed E-state index contributed by atoms with van der Waals surface area (Å²) in [6.07, 6.45) is 3.69. The first-order valence-electron chi connectivity index (χ1n) is 6.67. The molecule has 3 rings (SSSR count). The van der Waals surface area contributed by atoms with Crippen LogP contribution in [0.2, 0.25) is 0 Å². The van der Waals surface area contributed by atoms with Crippen molar-refractivity contribution in [2.75, 3.05) is 5.32 Å². The molecule has 0 saturated carbocycles. The second-order valence-corrected chi connectivity index (χ2v) is 5.72. The van der Waals surface area contributed by atoms with E-state index in [0.29, 0.717) is 11.6 Å². The molecule has 0 aliphatic rings. The van der Waals surface area contributed by atoms with Crippen molar-refractivity contribution < 1.29 is 4.79 Å². The van der Waals surface area contributed by atoms with Crippen molar-refractivity contribution in [1.82, 2.24) is 20.2 Å². The average Bonchev–Trinajstić information content (AvgIpc) is 2.96. The predicted molar refractivity (Wildman–Crippen MR) is 83.9 cm³/mol. The standard InChI is InChI=1S/C15H13N5OS/c1-10-8-17-12(9-16-10)14(21)18-15-20-19-13(22-15)7-11-5-3-2-4-6-11/h2-6,8-9H,7H2,1H3,(H,18,20,21). The third kappa shape index (κ3) is 3.50. The first-order chi connectivity index (χ1) is 10.7. The normalized spacial score (nSPS) is 10.4. The second-order valence-electron chi connectivity index (χ2n) is 4.66. The molecule has 7 heteroatoms. The number of nitrogens with zero attached hydrogens (tertiary/aromatic N) is 4. The molecule has 1 amide bonds. The lowest BCUT2D eigenvalue weighted by molar-refractivity contribution is 0.102. The fraction of sp³-hybridized carbons (Fsp3) is 0.133. The number of anilines is 1. The number of carbonyl (C=O) groups excluding carboxylic acids is 1. The molecule has 6 nitrogen and oxygen atoms in total. The van der Waals surface area contributed by atoms with Crippen LogP contribution in [-0.2, 0) is 6.42 Å². The van der Waals surface area contributed by atoms with E-state index in [9.17, 15) is 4.79 Å². The Bertz CT molecular complexity index is 770. The molecular formula is C15H13N5OS. The van der Waals surface area contributed by atoms with Crippen molar-refractivity contribution in [2.24, 2.45) is 0 Å². The Morgan fingerprint density at radius 3 is 2.68 bits per heavy atom. The maximum absolute atomic E-state index is 12.0. The summed E-state index contributed by atoms with van der Waals surface area (Å²) in [5.41, 5.74) is 2.17. The van der Waals surface area contributed by atoms with Gasteiger partial charge >= 0.3 is 0 Å². The van der Waals surface area contributed by atoms with Crippen LogP contribution in [0.15, 0.2) is 42.7 Å². The van der Waals surface area contributed by atoms with Crippen molar-refractivity contribution in [2.45, 2.75) is 13.3 Å². The van der Waals surface area contributed by atoms with E-state index in [2.05, 4.69) is 25.5 Å². The van der Waals surface area contributed by atoms with Gasteiger partial charge in [0.1, 0.15) is 10.7 Å². The average molecular weight is 311 g/mol. The van der Waals surface area contributed by atoms with Gasteiger partial charge in [-0.15, -0.1) is 10.2 Å². The number of amides is 1. The van der Waals surface area contributed by atoms with Crippen LogP contribution < -0.4 is 5.32 Å². The van der Waals surface area contributed by atoms with Crippen molar-refractivity contribution in [3.05, 3.63) is 64.7 Å². The van der Waals surface area contributed by atoms with Crippen molar-refractivity contribution in [1.29, 1.82) is 0 Å². The summed E-state index contributed by atoms with van der Waals surface area (Å²) in [6, 6.07) is 9.99. The molecule has 2 aromatic heterocycles. The highest BCUT2D eigenvalue weighted by atomic mass is 32.1. The van der Waals surface area contributed by atoms with E-state index in [0.717, 1.165) is 16.3 Å². The van der Waals surface area contributed by atoms with Crippen LogP contribution in [0.3, 0.4) is 0 Å². The van der Waals surface area contributed by atoms with Gasteiger partial charge in [0.2, 0.25) is 5.13 Å². The number of hydrogen-bond acceptors (Lipinski definition) is 6. The molecule has 0 saturated heterocycles. The smallest absolute Gasteiger partial charge is 0.277 e. The molecule has 22 heavy (non-hydrogen) atoms. The van der Waals surface area contributed by atoms with Crippen LogP contribution >= 0.6 is 11.3 Å². The quantitative estimate of drug-likeness (QED) is 0.800. The number of aromatic nitrogens is 4. The molecule has 1 N–H and O–H groups in total. The van der Waals surface area contributed by atoms with Crippen LogP contribution in [0.25, 0.3) is 0 Å². The maximum atomic E-state index is 12.0. The van der Waals surface area contributed by atoms with Crippen LogP contribution in [0, 0.1) is 6.92 Å². The zero-order chi connectivity index (χ0) is 15.4. The first-order valence-corrected chi connectivity index (χ1v) is 7.48. The van der Waals surface area contributed by atoms with Crippen LogP contribution in [0.4, 0.5) is 5.13 Å². The Balaban J connectivity index is 1.66. The number of benzene rings is 1. The van der Waals surface area contributed by atoms with E-state index in [-0.39, 0.29) is 11.6 Å². The molecule has 2 heterocycles. The Kier molecular flexibility index (Phi) is 4.15. The van der Waals surface area contributed by atoms with E-state index in [1.807, 2.05) is 37.3 Å². The number of hydrogen-bond donors (Lipinski definition) is 1. The molecule has 0 aliphatic heterocycles. The first kappa shape index (κ1) is 14.3. The van der Waals surface area contributed by atoms with Gasteiger partial charge in [-0.2, -0.15) is 0 Å². The summed E-state index contributed by atoms with van der Waals surface area (Å²) < 4.78 is 0. The van der Waals surface area contributed by atoms with Gasteiger partial charge in [-0.05, 0) is 12.5 Å². The molecule has 0 fully saturated rings. The maximum Gasteiger partial charge on any atom is 0.277 e. The summed E-state index contributed by atoms with van der Waals surface area (Å²) in [7, 11) is 0. The predicted octanol–water partition coefficient (Wildman–Crippen LogP) is 2.48. The highest BCUT2D eigenvalue weighted by Gasteiger charge is 2.12. The molecule has 0 unspecified atom stereocenters. The summed E-state index contributed by atoms with van der Waals surface area (Å²) in [5.74, 6) is -0.338. The van der Waals surface area contributed by atoms with Gasteiger partial charge in [0, 0.05) is 12.6 Å². The zero-order valence-electron chi connectivity index (χ0n) is 11.9. The number of carbonyl (C=O) groups is 1. The fourth-order valence-electron chi connectivity index (χ4n) is 1.82. The Morgan fingerprint density at radius 1 is 1.14 bits per heavy atom. The van der Waals surface area contributed by atoms with Gasteiger partial charge < -0.3 is 0 Å². The molecule has 0 spiro atoms. The molecule has 3 aromatic rings. The molecule has 0 aliphatic carbocycles. The fourth-order valence-corrected chi connectivity index (χ4v) is 2.59. The third-order valence-electron chi connectivity index (χ3n) is 2.90. The van der Waals surface area contributed by atoms with Crippen LogP contribution in [0.1, 0.15) is 26.8 Å². The van der Waals surface area contributed by atoms with E-state index in [4.69, 9.17) is 0 Å².